The summed E-state index contributed by atoms with van der Waals surface area (Å²) in [6.07, 6.45) is 3.66. The predicted molar refractivity (Wildman–Crippen MR) is 61.8 cm³/mol. The Kier molecular flexibility index (Phi) is 3.78. The minimum Gasteiger partial charge on any atom is -0.476 e. The summed E-state index contributed by atoms with van der Waals surface area (Å²) in [6, 6.07) is 1.51. The van der Waals surface area contributed by atoms with Crippen molar-refractivity contribution in [1.29, 1.82) is 0 Å². The molecule has 1 saturated heterocycles. The van der Waals surface area contributed by atoms with Crippen LogP contribution in [-0.2, 0) is 6.54 Å². The van der Waals surface area contributed by atoms with Gasteiger partial charge in [0.25, 0.3) is 0 Å². The van der Waals surface area contributed by atoms with E-state index in [0.717, 1.165) is 19.0 Å². The maximum Gasteiger partial charge on any atom is 0.358 e. The molecule has 0 aromatic carbocycles. The van der Waals surface area contributed by atoms with Crippen LogP contribution in [0, 0.1) is 5.92 Å². The summed E-state index contributed by atoms with van der Waals surface area (Å²) in [7, 11) is 0. The second kappa shape index (κ2) is 5.31. The maximum absolute atomic E-state index is 10.7. The molecule has 0 aliphatic carbocycles. The van der Waals surface area contributed by atoms with E-state index < -0.39 is 5.97 Å². The number of carboxylic acid groups (broad SMARTS) is 1. The Labute approximate surface area is 100 Å². The van der Waals surface area contributed by atoms with Gasteiger partial charge in [0, 0.05) is 6.07 Å². The van der Waals surface area contributed by atoms with Crippen molar-refractivity contribution in [2.24, 2.45) is 5.92 Å². The van der Waals surface area contributed by atoms with Crippen LogP contribution in [0.25, 0.3) is 0 Å². The van der Waals surface area contributed by atoms with Crippen LogP contribution in [0.4, 0.5) is 0 Å². The van der Waals surface area contributed by atoms with E-state index in [0.29, 0.717) is 12.3 Å². The number of aromatic nitrogens is 1. The Morgan fingerprint density at radius 3 is 3.12 bits per heavy atom. The van der Waals surface area contributed by atoms with E-state index in [4.69, 9.17) is 9.63 Å². The molecule has 0 amide bonds. The highest BCUT2D eigenvalue weighted by Gasteiger charge is 2.17. The minimum absolute atomic E-state index is 0.0109. The maximum atomic E-state index is 10.7. The number of hydrogen-bond acceptors (Lipinski definition) is 4. The fourth-order valence-corrected chi connectivity index (χ4v) is 2.19. The van der Waals surface area contributed by atoms with Gasteiger partial charge in [0.05, 0.1) is 6.54 Å². The summed E-state index contributed by atoms with van der Waals surface area (Å²) < 4.78 is 5.02. The first-order valence-corrected chi connectivity index (χ1v) is 6.06. The Bertz CT molecular complexity index is 389. The normalized spacial score (nSPS) is 22.3. The molecule has 17 heavy (non-hydrogen) atoms. The summed E-state index contributed by atoms with van der Waals surface area (Å²) in [5.41, 5.74) is -0.0109. The molecule has 2 rings (SSSR count). The summed E-state index contributed by atoms with van der Waals surface area (Å²) >= 11 is 0. The zero-order chi connectivity index (χ0) is 12.3. The van der Waals surface area contributed by atoms with Gasteiger partial charge < -0.3 is 9.63 Å². The van der Waals surface area contributed by atoms with Gasteiger partial charge in [-0.2, -0.15) is 0 Å². The topological polar surface area (TPSA) is 66.6 Å². The van der Waals surface area contributed by atoms with Gasteiger partial charge in [-0.1, -0.05) is 12.1 Å². The average molecular weight is 238 g/mol. The summed E-state index contributed by atoms with van der Waals surface area (Å²) in [5, 5.41) is 12.3. The lowest BCUT2D eigenvalue weighted by atomic mass is 10.0. The standard InChI is InChI=1S/C12H18N2O3/c1-9-3-2-5-14(6-4-9)8-10-7-11(12(15)16)13-17-10/h7,9H,2-6,8H2,1H3,(H,15,16). The molecule has 0 radical (unpaired) electrons. The first kappa shape index (κ1) is 12.1. The van der Waals surface area contributed by atoms with Crippen molar-refractivity contribution in [3.8, 4) is 0 Å². The molecule has 1 N–H and O–H groups in total. The molecule has 1 unspecified atom stereocenters. The molecule has 1 fully saturated rings. The highest BCUT2D eigenvalue weighted by Crippen LogP contribution is 2.18. The van der Waals surface area contributed by atoms with Gasteiger partial charge in [0.15, 0.2) is 11.5 Å². The van der Waals surface area contributed by atoms with Gasteiger partial charge in [-0.25, -0.2) is 4.79 Å². The van der Waals surface area contributed by atoms with Crippen molar-refractivity contribution >= 4 is 5.97 Å². The number of aromatic carboxylic acids is 1. The second-order valence-electron chi connectivity index (χ2n) is 4.80. The molecule has 0 spiro atoms. The molecule has 1 atom stereocenters. The van der Waals surface area contributed by atoms with Crippen molar-refractivity contribution in [3.63, 3.8) is 0 Å². The number of likely N-dealkylation sites (tertiary alicyclic amines) is 1. The van der Waals surface area contributed by atoms with E-state index in [1.54, 1.807) is 0 Å². The van der Waals surface area contributed by atoms with Crippen LogP contribution in [0.3, 0.4) is 0 Å². The number of carbonyl (C=O) groups is 1. The number of nitrogens with zero attached hydrogens (tertiary/aromatic N) is 2. The van der Waals surface area contributed by atoms with Gasteiger partial charge in [-0.05, 0) is 38.3 Å². The number of hydrogen-bond donors (Lipinski definition) is 1. The smallest absolute Gasteiger partial charge is 0.358 e. The van der Waals surface area contributed by atoms with Crippen LogP contribution in [0.2, 0.25) is 0 Å². The second-order valence-corrected chi connectivity index (χ2v) is 4.80. The number of carboxylic acids is 1. The van der Waals surface area contributed by atoms with Crippen LogP contribution in [0.15, 0.2) is 10.6 Å². The van der Waals surface area contributed by atoms with Crippen LogP contribution in [0.1, 0.15) is 42.4 Å². The van der Waals surface area contributed by atoms with Crippen molar-refractivity contribution in [3.05, 3.63) is 17.5 Å². The van der Waals surface area contributed by atoms with Crippen molar-refractivity contribution < 1.29 is 14.4 Å². The molecule has 0 bridgehead atoms. The molecule has 1 aromatic rings. The molecule has 94 valence electrons. The molecular weight excluding hydrogens is 220 g/mol. The predicted octanol–water partition coefficient (Wildman–Crippen LogP) is 1.99. The van der Waals surface area contributed by atoms with Gasteiger partial charge in [0.1, 0.15) is 0 Å². The Morgan fingerprint density at radius 2 is 2.41 bits per heavy atom. The van der Waals surface area contributed by atoms with E-state index in [2.05, 4.69) is 17.0 Å². The largest absolute Gasteiger partial charge is 0.476 e. The third-order valence-corrected chi connectivity index (χ3v) is 3.27. The lowest BCUT2D eigenvalue weighted by Gasteiger charge is -2.17. The van der Waals surface area contributed by atoms with Gasteiger partial charge in [0.2, 0.25) is 0 Å². The average Bonchev–Trinajstić information content (AvgIpc) is 2.65. The van der Waals surface area contributed by atoms with Crippen molar-refractivity contribution in [2.45, 2.75) is 32.7 Å². The third kappa shape index (κ3) is 3.30. The van der Waals surface area contributed by atoms with Gasteiger partial charge >= 0.3 is 5.97 Å². The Morgan fingerprint density at radius 1 is 1.59 bits per heavy atom. The summed E-state index contributed by atoms with van der Waals surface area (Å²) in [4.78, 5) is 13.0. The monoisotopic (exact) mass is 238 g/mol. The highest BCUT2D eigenvalue weighted by molar-refractivity contribution is 5.85. The lowest BCUT2D eigenvalue weighted by Crippen LogP contribution is -2.23. The fraction of sp³-hybridized carbons (Fsp3) is 0.667. The first-order valence-electron chi connectivity index (χ1n) is 6.06. The number of rotatable bonds is 3. The van der Waals surface area contributed by atoms with Gasteiger partial charge in [-0.3, -0.25) is 4.90 Å². The van der Waals surface area contributed by atoms with Crippen molar-refractivity contribution in [2.75, 3.05) is 13.1 Å². The quantitative estimate of drug-likeness (QED) is 0.872. The lowest BCUT2D eigenvalue weighted by molar-refractivity contribution is 0.0685. The zero-order valence-corrected chi connectivity index (χ0v) is 10.1. The third-order valence-electron chi connectivity index (χ3n) is 3.27. The fourth-order valence-electron chi connectivity index (χ4n) is 2.19. The van der Waals surface area contributed by atoms with Gasteiger partial charge in [-0.15, -0.1) is 0 Å². The zero-order valence-electron chi connectivity index (χ0n) is 10.1. The minimum atomic E-state index is -1.04. The van der Waals surface area contributed by atoms with Crippen LogP contribution in [0.5, 0.6) is 0 Å². The Balaban J connectivity index is 1.93. The Hall–Kier alpha value is -1.36. The van der Waals surface area contributed by atoms with Crippen LogP contribution in [-0.4, -0.2) is 34.2 Å². The highest BCUT2D eigenvalue weighted by atomic mass is 16.5. The van der Waals surface area contributed by atoms with Crippen LogP contribution >= 0.6 is 0 Å². The van der Waals surface area contributed by atoms with E-state index in [9.17, 15) is 4.79 Å². The van der Waals surface area contributed by atoms with Crippen molar-refractivity contribution in [1.82, 2.24) is 10.1 Å². The van der Waals surface area contributed by atoms with E-state index >= 15 is 0 Å². The van der Waals surface area contributed by atoms with E-state index in [-0.39, 0.29) is 5.69 Å². The molecule has 1 aliphatic heterocycles. The molecule has 5 nitrogen and oxygen atoms in total. The van der Waals surface area contributed by atoms with E-state index in [1.165, 1.54) is 25.3 Å². The molecule has 2 heterocycles. The molecular formula is C12H18N2O3. The van der Waals surface area contributed by atoms with E-state index in [1.807, 2.05) is 0 Å². The first-order chi connectivity index (χ1) is 8.15. The molecule has 1 aromatic heterocycles. The summed E-state index contributed by atoms with van der Waals surface area (Å²) in [5.74, 6) is 0.380. The van der Waals surface area contributed by atoms with Crippen LogP contribution < -0.4 is 0 Å². The SMILES string of the molecule is CC1CCCN(Cc2cc(C(=O)O)no2)CC1. The molecule has 1 aliphatic rings. The molecule has 0 saturated carbocycles. The summed E-state index contributed by atoms with van der Waals surface area (Å²) in [6.45, 7) is 5.03. The molecule has 5 heteroatoms.